The highest BCUT2D eigenvalue weighted by molar-refractivity contribution is 6.00. The minimum atomic E-state index is -0.514. The highest BCUT2D eigenvalue weighted by Crippen LogP contribution is 2.43. The molecular formula is C28H25N3O. The normalized spacial score (nSPS) is 16.4. The number of benzene rings is 3. The van der Waals surface area contributed by atoms with Gasteiger partial charge in [-0.1, -0.05) is 91.0 Å². The monoisotopic (exact) mass is 419 g/mol. The molecule has 1 aromatic heterocycles. The topological polar surface area (TPSA) is 49.0 Å². The maximum atomic E-state index is 12.9. The van der Waals surface area contributed by atoms with Crippen molar-refractivity contribution in [1.82, 2.24) is 15.1 Å². The summed E-state index contributed by atoms with van der Waals surface area (Å²) in [5, 5.41) is 6.86. The molecule has 1 aliphatic heterocycles. The summed E-state index contributed by atoms with van der Waals surface area (Å²) in [6, 6.07) is 31.8. The van der Waals surface area contributed by atoms with E-state index < -0.39 is 5.54 Å². The quantitative estimate of drug-likeness (QED) is 0.363. The van der Waals surface area contributed by atoms with Gasteiger partial charge in [0.15, 0.2) is 5.78 Å². The predicted molar refractivity (Wildman–Crippen MR) is 127 cm³/mol. The third-order valence-electron chi connectivity index (χ3n) is 6.24. The highest BCUT2D eigenvalue weighted by Gasteiger charge is 2.44. The van der Waals surface area contributed by atoms with Gasteiger partial charge in [0, 0.05) is 36.8 Å². The van der Waals surface area contributed by atoms with Crippen LogP contribution in [0.4, 0.5) is 0 Å². The molecule has 5 rings (SSSR count). The second-order valence-electron chi connectivity index (χ2n) is 8.10. The van der Waals surface area contributed by atoms with E-state index in [0.29, 0.717) is 19.5 Å². The van der Waals surface area contributed by atoms with Crippen molar-refractivity contribution < 1.29 is 4.79 Å². The fourth-order valence-electron chi connectivity index (χ4n) is 4.81. The van der Waals surface area contributed by atoms with Crippen molar-refractivity contribution in [2.45, 2.75) is 12.0 Å². The van der Waals surface area contributed by atoms with Crippen molar-refractivity contribution in [3.63, 3.8) is 0 Å². The third-order valence-corrected chi connectivity index (χ3v) is 6.24. The Labute approximate surface area is 188 Å². The second-order valence-corrected chi connectivity index (χ2v) is 8.10. The summed E-state index contributed by atoms with van der Waals surface area (Å²) in [7, 11) is 0. The molecule has 0 atom stereocenters. The lowest BCUT2D eigenvalue weighted by atomic mass is 9.74. The maximum Gasteiger partial charge on any atom is 0.161 e. The van der Waals surface area contributed by atoms with Crippen LogP contribution in [0, 0.1) is 0 Å². The van der Waals surface area contributed by atoms with E-state index in [2.05, 4.69) is 87.9 Å². The van der Waals surface area contributed by atoms with Gasteiger partial charge in [0.1, 0.15) is 0 Å². The number of ketones is 1. The van der Waals surface area contributed by atoms with Crippen LogP contribution in [0.3, 0.4) is 0 Å². The number of Topliss-reactive ketones (excluding diaryl/α,β-unsaturated/α-hetero) is 1. The first-order valence-corrected chi connectivity index (χ1v) is 10.9. The van der Waals surface area contributed by atoms with E-state index in [4.69, 9.17) is 0 Å². The lowest BCUT2D eigenvalue weighted by Crippen LogP contribution is -2.52. The van der Waals surface area contributed by atoms with E-state index in [1.165, 1.54) is 16.7 Å². The van der Waals surface area contributed by atoms with Gasteiger partial charge in [0.05, 0.1) is 11.7 Å². The average molecular weight is 420 g/mol. The molecule has 1 N–H and O–H groups in total. The van der Waals surface area contributed by atoms with Gasteiger partial charge in [-0.3, -0.25) is 14.8 Å². The molecule has 158 valence electrons. The molecule has 32 heavy (non-hydrogen) atoms. The number of nitrogens with one attached hydrogen (secondary N) is 1. The van der Waals surface area contributed by atoms with Gasteiger partial charge in [-0.25, -0.2) is 0 Å². The van der Waals surface area contributed by atoms with Gasteiger partial charge in [-0.15, -0.1) is 0 Å². The zero-order chi connectivity index (χ0) is 21.8. The molecule has 1 fully saturated rings. The number of carbonyl (C=O) groups is 1. The Morgan fingerprint density at radius 3 is 1.81 bits per heavy atom. The van der Waals surface area contributed by atoms with Crippen molar-refractivity contribution >= 4 is 11.9 Å². The molecule has 0 bridgehead atoms. The van der Waals surface area contributed by atoms with Crippen molar-refractivity contribution in [2.75, 3.05) is 13.1 Å². The van der Waals surface area contributed by atoms with E-state index >= 15 is 0 Å². The van der Waals surface area contributed by atoms with Gasteiger partial charge in [0.2, 0.25) is 0 Å². The van der Waals surface area contributed by atoms with Crippen LogP contribution in [0.1, 0.15) is 28.7 Å². The van der Waals surface area contributed by atoms with Crippen molar-refractivity contribution in [1.29, 1.82) is 0 Å². The molecule has 0 saturated carbocycles. The smallest absolute Gasteiger partial charge is 0.161 e. The number of carbonyl (C=O) groups excluding carboxylic acids is 1. The van der Waals surface area contributed by atoms with Crippen LogP contribution in [0.15, 0.2) is 109 Å². The zero-order valence-electron chi connectivity index (χ0n) is 17.8. The van der Waals surface area contributed by atoms with Crippen LogP contribution in [0.2, 0.25) is 0 Å². The molecule has 0 unspecified atom stereocenters. The molecule has 1 saturated heterocycles. The maximum absolute atomic E-state index is 12.9. The Morgan fingerprint density at radius 1 is 0.812 bits per heavy atom. The molecule has 0 amide bonds. The standard InChI is InChI=1S/C28H25N3O/c32-27-16-17-31(21-23(27)18-22-19-29-30-20-22)28(24-10-4-1-5-11-24,25-12-6-2-7-13-25)26-14-8-3-9-15-26/h1-15,18-20H,16-17,21H2,(H,29,30)/b23-18-. The lowest BCUT2D eigenvalue weighted by Gasteiger charge is -2.47. The summed E-state index contributed by atoms with van der Waals surface area (Å²) in [5.74, 6) is 0.200. The zero-order valence-corrected chi connectivity index (χ0v) is 17.8. The molecule has 2 heterocycles. The molecule has 0 radical (unpaired) electrons. The molecule has 4 heteroatoms. The Hall–Kier alpha value is -3.76. The number of likely N-dealkylation sites (tertiary alicyclic amines) is 1. The Bertz CT molecular complexity index is 1100. The first-order valence-electron chi connectivity index (χ1n) is 10.9. The Balaban J connectivity index is 1.72. The fraction of sp³-hybridized carbons (Fsp3) is 0.143. The molecule has 3 aromatic carbocycles. The van der Waals surface area contributed by atoms with Crippen LogP contribution in [-0.2, 0) is 10.3 Å². The second kappa shape index (κ2) is 8.77. The predicted octanol–water partition coefficient (Wildman–Crippen LogP) is 5.06. The molecule has 4 nitrogen and oxygen atoms in total. The van der Waals surface area contributed by atoms with Gasteiger partial charge in [-0.05, 0) is 22.8 Å². The average Bonchev–Trinajstić information content (AvgIpc) is 3.37. The lowest BCUT2D eigenvalue weighted by molar-refractivity contribution is -0.117. The van der Waals surface area contributed by atoms with Gasteiger partial charge < -0.3 is 0 Å². The largest absolute Gasteiger partial charge is 0.294 e. The highest BCUT2D eigenvalue weighted by atomic mass is 16.1. The number of aromatic amines is 1. The summed E-state index contributed by atoms with van der Waals surface area (Å²) >= 11 is 0. The number of hydrogen-bond donors (Lipinski definition) is 1. The van der Waals surface area contributed by atoms with E-state index in [-0.39, 0.29) is 5.78 Å². The summed E-state index contributed by atoms with van der Waals surface area (Å²) in [6.45, 7) is 1.24. The summed E-state index contributed by atoms with van der Waals surface area (Å²) < 4.78 is 0. The number of nitrogens with zero attached hydrogens (tertiary/aromatic N) is 2. The van der Waals surface area contributed by atoms with E-state index in [1.807, 2.05) is 30.5 Å². The molecule has 4 aromatic rings. The first-order chi connectivity index (χ1) is 15.8. The summed E-state index contributed by atoms with van der Waals surface area (Å²) in [4.78, 5) is 15.3. The van der Waals surface area contributed by atoms with Crippen LogP contribution < -0.4 is 0 Å². The van der Waals surface area contributed by atoms with Crippen LogP contribution >= 0.6 is 0 Å². The van der Waals surface area contributed by atoms with E-state index in [1.54, 1.807) is 6.20 Å². The number of piperidine rings is 1. The van der Waals surface area contributed by atoms with Gasteiger partial charge >= 0.3 is 0 Å². The number of H-pyrrole nitrogens is 1. The number of hydrogen-bond acceptors (Lipinski definition) is 3. The number of rotatable bonds is 5. The number of aromatic nitrogens is 2. The first kappa shape index (κ1) is 20.2. The third kappa shape index (κ3) is 3.59. The van der Waals surface area contributed by atoms with Crippen LogP contribution in [-0.4, -0.2) is 34.0 Å². The van der Waals surface area contributed by atoms with Gasteiger partial charge in [0.25, 0.3) is 0 Å². The summed E-state index contributed by atoms with van der Waals surface area (Å²) in [5.41, 5.74) is 4.78. The Kier molecular flexibility index (Phi) is 5.53. The van der Waals surface area contributed by atoms with Crippen molar-refractivity contribution in [2.24, 2.45) is 0 Å². The van der Waals surface area contributed by atoms with Crippen molar-refractivity contribution in [3.05, 3.63) is 131 Å². The van der Waals surface area contributed by atoms with E-state index in [9.17, 15) is 4.79 Å². The SMILES string of the molecule is O=C1CCN(C(c2ccccc2)(c2ccccc2)c2ccccc2)C/C1=C/c1cn[nH]c1. The van der Waals surface area contributed by atoms with Crippen LogP contribution in [0.5, 0.6) is 0 Å². The minimum absolute atomic E-state index is 0.200. The van der Waals surface area contributed by atoms with Crippen molar-refractivity contribution in [3.8, 4) is 0 Å². The molecule has 0 aliphatic carbocycles. The summed E-state index contributed by atoms with van der Waals surface area (Å²) in [6.07, 6.45) is 6.01. The van der Waals surface area contributed by atoms with E-state index in [0.717, 1.165) is 11.1 Å². The van der Waals surface area contributed by atoms with Crippen LogP contribution in [0.25, 0.3) is 6.08 Å². The minimum Gasteiger partial charge on any atom is -0.294 e. The Morgan fingerprint density at radius 2 is 1.34 bits per heavy atom. The van der Waals surface area contributed by atoms with Gasteiger partial charge in [-0.2, -0.15) is 5.10 Å². The fourth-order valence-corrected chi connectivity index (χ4v) is 4.81. The molecule has 0 spiro atoms. The molecular weight excluding hydrogens is 394 g/mol. The molecule has 1 aliphatic rings.